The van der Waals surface area contributed by atoms with Crippen molar-refractivity contribution in [2.24, 2.45) is 5.41 Å². The van der Waals surface area contributed by atoms with Gasteiger partial charge in [-0.25, -0.2) is 4.98 Å². The van der Waals surface area contributed by atoms with Crippen LogP contribution < -0.4 is 10.6 Å². The van der Waals surface area contributed by atoms with E-state index in [0.717, 1.165) is 29.4 Å². The highest BCUT2D eigenvalue weighted by atomic mass is 32.1. The van der Waals surface area contributed by atoms with Crippen molar-refractivity contribution in [2.45, 2.75) is 40.0 Å². The maximum atomic E-state index is 6.11. The minimum absolute atomic E-state index is 0.491. The summed E-state index contributed by atoms with van der Waals surface area (Å²) >= 11 is 3.16. The van der Waals surface area contributed by atoms with E-state index < -0.39 is 0 Å². The Kier molecular flexibility index (Phi) is 3.92. The van der Waals surface area contributed by atoms with Crippen molar-refractivity contribution < 1.29 is 0 Å². The summed E-state index contributed by atoms with van der Waals surface area (Å²) < 4.78 is 4.38. The summed E-state index contributed by atoms with van der Waals surface area (Å²) in [6.45, 7) is 8.89. The maximum absolute atomic E-state index is 6.11. The van der Waals surface area contributed by atoms with Crippen LogP contribution in [0.2, 0.25) is 0 Å². The first kappa shape index (κ1) is 14.8. The molecule has 0 aliphatic carbocycles. The standard InChI is InChI=1S/C15H22N4S2/c1-4-15(3)5-7-19(8-6-15)14-11(12(16)18-21-14)13-17-10(2)9-20-13/h9H,4-8H2,1-3H3,(H2,16,18). The summed E-state index contributed by atoms with van der Waals surface area (Å²) in [5, 5.41) is 4.26. The molecule has 1 saturated heterocycles. The van der Waals surface area contributed by atoms with Crippen LogP contribution in [0.25, 0.3) is 10.6 Å². The molecular formula is C15H22N4S2. The molecule has 0 aromatic carbocycles. The molecule has 1 aliphatic heterocycles. The van der Waals surface area contributed by atoms with Crippen molar-refractivity contribution in [3.63, 3.8) is 0 Å². The molecule has 114 valence electrons. The fourth-order valence-electron chi connectivity index (χ4n) is 2.78. The minimum Gasteiger partial charge on any atom is -0.382 e. The first-order chi connectivity index (χ1) is 10.0. The summed E-state index contributed by atoms with van der Waals surface area (Å²) in [4.78, 5) is 7.03. The minimum atomic E-state index is 0.491. The topological polar surface area (TPSA) is 55.0 Å². The van der Waals surface area contributed by atoms with Gasteiger partial charge >= 0.3 is 0 Å². The molecule has 2 aromatic heterocycles. The normalized spacial score (nSPS) is 18.1. The lowest BCUT2D eigenvalue weighted by atomic mass is 9.78. The van der Waals surface area contributed by atoms with Crippen LogP contribution in [-0.2, 0) is 0 Å². The lowest BCUT2D eigenvalue weighted by molar-refractivity contribution is 0.239. The molecule has 0 saturated carbocycles. The first-order valence-electron chi connectivity index (χ1n) is 7.45. The number of rotatable bonds is 3. The number of nitrogens with zero attached hydrogens (tertiary/aromatic N) is 3. The largest absolute Gasteiger partial charge is 0.382 e. The van der Waals surface area contributed by atoms with Gasteiger partial charge in [-0.15, -0.1) is 11.3 Å². The van der Waals surface area contributed by atoms with Crippen LogP contribution in [0.5, 0.6) is 0 Å². The van der Waals surface area contributed by atoms with E-state index in [1.807, 2.05) is 6.92 Å². The molecule has 1 aliphatic rings. The van der Waals surface area contributed by atoms with Crippen LogP contribution in [0.3, 0.4) is 0 Å². The lowest BCUT2D eigenvalue weighted by Crippen LogP contribution is -2.38. The fraction of sp³-hybridized carbons (Fsp3) is 0.600. The number of aryl methyl sites for hydroxylation is 1. The predicted octanol–water partition coefficient (Wildman–Crippen LogP) is 4.17. The Labute approximate surface area is 134 Å². The van der Waals surface area contributed by atoms with E-state index in [-0.39, 0.29) is 0 Å². The van der Waals surface area contributed by atoms with Crippen LogP contribution in [0.4, 0.5) is 10.8 Å². The Balaban J connectivity index is 1.88. The highest BCUT2D eigenvalue weighted by molar-refractivity contribution is 7.15. The number of hydrogen-bond acceptors (Lipinski definition) is 6. The van der Waals surface area contributed by atoms with Gasteiger partial charge in [0.1, 0.15) is 15.8 Å². The second kappa shape index (κ2) is 5.57. The van der Waals surface area contributed by atoms with Crippen LogP contribution in [0, 0.1) is 12.3 Å². The van der Waals surface area contributed by atoms with Crippen LogP contribution in [-0.4, -0.2) is 22.4 Å². The van der Waals surface area contributed by atoms with Gasteiger partial charge in [0, 0.05) is 24.2 Å². The highest BCUT2D eigenvalue weighted by Gasteiger charge is 2.31. The monoisotopic (exact) mass is 322 g/mol. The van der Waals surface area contributed by atoms with Crippen LogP contribution >= 0.6 is 22.9 Å². The van der Waals surface area contributed by atoms with E-state index in [2.05, 4.69) is 33.5 Å². The lowest BCUT2D eigenvalue weighted by Gasteiger charge is -2.39. The molecule has 6 heteroatoms. The average molecular weight is 323 g/mol. The molecule has 0 spiro atoms. The molecule has 0 radical (unpaired) electrons. The molecule has 3 heterocycles. The van der Waals surface area contributed by atoms with Crippen molar-refractivity contribution in [2.75, 3.05) is 23.7 Å². The van der Waals surface area contributed by atoms with Gasteiger partial charge in [0.15, 0.2) is 0 Å². The highest BCUT2D eigenvalue weighted by Crippen LogP contribution is 2.43. The Morgan fingerprint density at radius 3 is 2.67 bits per heavy atom. The molecule has 2 aromatic rings. The number of nitrogen functional groups attached to an aromatic ring is 1. The zero-order chi connectivity index (χ0) is 15.0. The van der Waals surface area contributed by atoms with Crippen molar-refractivity contribution in [3.8, 4) is 10.6 Å². The number of anilines is 2. The quantitative estimate of drug-likeness (QED) is 0.921. The molecule has 1 fully saturated rings. The van der Waals surface area contributed by atoms with Crippen molar-refractivity contribution >= 4 is 33.7 Å². The summed E-state index contributed by atoms with van der Waals surface area (Å²) in [6, 6.07) is 0. The van der Waals surface area contributed by atoms with E-state index in [4.69, 9.17) is 5.73 Å². The van der Waals surface area contributed by atoms with E-state index >= 15 is 0 Å². The van der Waals surface area contributed by atoms with Gasteiger partial charge in [-0.3, -0.25) is 0 Å². The SMILES string of the molecule is CCC1(C)CCN(c2snc(N)c2-c2nc(C)cs2)CC1. The molecular weight excluding hydrogens is 300 g/mol. The van der Waals surface area contributed by atoms with Gasteiger partial charge in [-0.2, -0.15) is 4.37 Å². The van der Waals surface area contributed by atoms with E-state index in [9.17, 15) is 0 Å². The van der Waals surface area contributed by atoms with E-state index in [1.54, 1.807) is 11.3 Å². The second-order valence-electron chi connectivity index (χ2n) is 6.19. The van der Waals surface area contributed by atoms with Gasteiger partial charge in [0.2, 0.25) is 0 Å². The molecule has 3 rings (SSSR count). The predicted molar refractivity (Wildman–Crippen MR) is 92.2 cm³/mol. The molecule has 0 atom stereocenters. The van der Waals surface area contributed by atoms with Gasteiger partial charge < -0.3 is 10.6 Å². The summed E-state index contributed by atoms with van der Waals surface area (Å²) in [5.74, 6) is 0.619. The molecule has 2 N–H and O–H groups in total. The smallest absolute Gasteiger partial charge is 0.149 e. The van der Waals surface area contributed by atoms with Crippen LogP contribution in [0.15, 0.2) is 5.38 Å². The van der Waals surface area contributed by atoms with Crippen molar-refractivity contribution in [3.05, 3.63) is 11.1 Å². The maximum Gasteiger partial charge on any atom is 0.149 e. The number of piperidine rings is 1. The second-order valence-corrected chi connectivity index (χ2v) is 7.80. The molecule has 0 amide bonds. The summed E-state index contributed by atoms with van der Waals surface area (Å²) in [5.41, 5.74) is 8.68. The van der Waals surface area contributed by atoms with E-state index in [1.165, 1.54) is 35.8 Å². The first-order valence-corrected chi connectivity index (χ1v) is 9.10. The molecule has 4 nitrogen and oxygen atoms in total. The number of hydrogen-bond donors (Lipinski definition) is 1. The molecule has 0 unspecified atom stereocenters. The van der Waals surface area contributed by atoms with Crippen molar-refractivity contribution in [1.29, 1.82) is 0 Å². The zero-order valence-corrected chi connectivity index (χ0v) is 14.5. The van der Waals surface area contributed by atoms with Gasteiger partial charge in [-0.05, 0) is 36.7 Å². The Morgan fingerprint density at radius 1 is 1.38 bits per heavy atom. The fourth-order valence-corrected chi connectivity index (χ4v) is 4.56. The van der Waals surface area contributed by atoms with Gasteiger partial charge in [-0.1, -0.05) is 20.3 Å². The third-order valence-electron chi connectivity index (χ3n) is 4.64. The van der Waals surface area contributed by atoms with Crippen LogP contribution in [0.1, 0.15) is 38.8 Å². The summed E-state index contributed by atoms with van der Waals surface area (Å²) in [6.07, 6.45) is 3.72. The molecule has 21 heavy (non-hydrogen) atoms. The number of aromatic nitrogens is 2. The third-order valence-corrected chi connectivity index (χ3v) is 6.55. The Morgan fingerprint density at radius 2 is 2.10 bits per heavy atom. The van der Waals surface area contributed by atoms with Gasteiger partial charge in [0.25, 0.3) is 0 Å². The van der Waals surface area contributed by atoms with E-state index in [0.29, 0.717) is 11.2 Å². The molecule has 0 bridgehead atoms. The average Bonchev–Trinajstić information content (AvgIpc) is 3.06. The number of thiazole rings is 1. The third kappa shape index (κ3) is 2.79. The number of nitrogens with two attached hydrogens (primary N) is 1. The summed E-state index contributed by atoms with van der Waals surface area (Å²) in [7, 11) is 0. The zero-order valence-electron chi connectivity index (χ0n) is 12.8. The Hall–Kier alpha value is -1.14. The van der Waals surface area contributed by atoms with Gasteiger partial charge in [0.05, 0.1) is 5.56 Å². The Bertz CT molecular complexity index is 623. The van der Waals surface area contributed by atoms with Crippen molar-refractivity contribution in [1.82, 2.24) is 9.36 Å².